The topological polar surface area (TPSA) is 58.6 Å². The van der Waals surface area contributed by atoms with Gasteiger partial charge >= 0.3 is 0 Å². The van der Waals surface area contributed by atoms with Crippen LogP contribution >= 0.6 is 11.6 Å². The zero-order valence-corrected chi connectivity index (χ0v) is 14.8. The van der Waals surface area contributed by atoms with E-state index in [2.05, 4.69) is 9.62 Å². The highest BCUT2D eigenvalue weighted by molar-refractivity contribution is 7.89. The summed E-state index contributed by atoms with van der Waals surface area (Å²) in [6, 6.07) is 3.52. The highest BCUT2D eigenvalue weighted by Crippen LogP contribution is 2.18. The number of nitrogens with zero attached hydrogens (tertiary/aromatic N) is 1. The second-order valence-electron chi connectivity index (χ2n) is 5.84. The minimum absolute atomic E-state index is 0.164. The molecule has 1 saturated heterocycles. The smallest absolute Gasteiger partial charge is 0.243 e. The van der Waals surface area contributed by atoms with Crippen LogP contribution in [0.3, 0.4) is 0 Å². The quantitative estimate of drug-likeness (QED) is 0.787. The second-order valence-corrected chi connectivity index (χ2v) is 8.01. The predicted octanol–water partition coefficient (Wildman–Crippen LogP) is 2.26. The van der Waals surface area contributed by atoms with Gasteiger partial charge in [-0.1, -0.05) is 11.6 Å². The van der Waals surface area contributed by atoms with Crippen molar-refractivity contribution >= 4 is 21.6 Å². The van der Waals surface area contributed by atoms with Gasteiger partial charge in [-0.2, -0.15) is 0 Å². The molecule has 1 aliphatic heterocycles. The van der Waals surface area contributed by atoms with Crippen molar-refractivity contribution in [2.75, 3.05) is 26.2 Å². The van der Waals surface area contributed by atoms with Crippen molar-refractivity contribution in [3.05, 3.63) is 29.0 Å². The van der Waals surface area contributed by atoms with Gasteiger partial charge < -0.3 is 4.74 Å². The Morgan fingerprint density at radius 3 is 2.61 bits per heavy atom. The molecular weight excluding hydrogens is 343 g/mol. The fraction of sp³-hybridized carbons (Fsp3) is 0.600. The Hall–Kier alpha value is -0.730. The van der Waals surface area contributed by atoms with Crippen LogP contribution in [-0.2, 0) is 14.8 Å². The van der Waals surface area contributed by atoms with Gasteiger partial charge in [0.05, 0.1) is 12.2 Å². The molecule has 2 atom stereocenters. The minimum atomic E-state index is -3.86. The van der Waals surface area contributed by atoms with E-state index in [1.54, 1.807) is 0 Å². The Morgan fingerprint density at radius 2 is 2.00 bits per heavy atom. The SMILES string of the molecule is CC1CN(CCCNS(=O)(=O)c2ccc(Cl)cc2F)CC(C)O1. The van der Waals surface area contributed by atoms with Crippen LogP contribution < -0.4 is 4.72 Å². The van der Waals surface area contributed by atoms with Gasteiger partial charge in [-0.3, -0.25) is 4.90 Å². The van der Waals surface area contributed by atoms with E-state index in [0.717, 1.165) is 25.7 Å². The van der Waals surface area contributed by atoms with E-state index in [9.17, 15) is 12.8 Å². The molecule has 0 aliphatic carbocycles. The van der Waals surface area contributed by atoms with Crippen LogP contribution in [0.5, 0.6) is 0 Å². The number of ether oxygens (including phenoxy) is 1. The molecule has 2 unspecified atom stereocenters. The first-order valence-corrected chi connectivity index (χ1v) is 9.46. The van der Waals surface area contributed by atoms with Gasteiger partial charge in [0.25, 0.3) is 0 Å². The molecule has 1 aromatic rings. The van der Waals surface area contributed by atoms with Crippen molar-refractivity contribution in [3.63, 3.8) is 0 Å². The number of sulfonamides is 1. The van der Waals surface area contributed by atoms with E-state index in [4.69, 9.17) is 16.3 Å². The Kier molecular flexibility index (Phi) is 6.39. The third-order valence-corrected chi connectivity index (χ3v) is 5.35. The first-order valence-electron chi connectivity index (χ1n) is 7.60. The summed E-state index contributed by atoms with van der Waals surface area (Å²) in [6.07, 6.45) is 1.01. The standard InChI is InChI=1S/C15H22ClFN2O3S/c1-11-9-19(10-12(2)22-11)7-3-6-18-23(20,21)15-5-4-13(16)8-14(15)17/h4-5,8,11-12,18H,3,6-7,9-10H2,1-2H3. The lowest BCUT2D eigenvalue weighted by atomic mass is 10.2. The third-order valence-electron chi connectivity index (χ3n) is 3.62. The fourth-order valence-corrected chi connectivity index (χ4v) is 4.04. The van der Waals surface area contributed by atoms with E-state index in [1.165, 1.54) is 12.1 Å². The number of benzene rings is 1. The number of morpholine rings is 1. The van der Waals surface area contributed by atoms with E-state index in [1.807, 2.05) is 13.8 Å². The Labute approximate surface area is 141 Å². The lowest BCUT2D eigenvalue weighted by Crippen LogP contribution is -2.46. The Morgan fingerprint density at radius 1 is 1.35 bits per heavy atom. The largest absolute Gasteiger partial charge is 0.373 e. The van der Waals surface area contributed by atoms with E-state index in [-0.39, 0.29) is 28.7 Å². The molecule has 130 valence electrons. The van der Waals surface area contributed by atoms with Crippen molar-refractivity contribution < 1.29 is 17.5 Å². The molecule has 1 fully saturated rings. The zero-order valence-electron chi connectivity index (χ0n) is 13.3. The molecule has 0 spiro atoms. The van der Waals surface area contributed by atoms with Crippen LogP contribution in [-0.4, -0.2) is 51.7 Å². The van der Waals surface area contributed by atoms with Crippen molar-refractivity contribution in [2.45, 2.75) is 37.4 Å². The van der Waals surface area contributed by atoms with Crippen molar-refractivity contribution in [1.82, 2.24) is 9.62 Å². The van der Waals surface area contributed by atoms with Crippen LogP contribution in [0.15, 0.2) is 23.1 Å². The van der Waals surface area contributed by atoms with Crippen LogP contribution in [0.25, 0.3) is 0 Å². The maximum Gasteiger partial charge on any atom is 0.243 e. The zero-order chi connectivity index (χ0) is 17.0. The fourth-order valence-electron chi connectivity index (χ4n) is 2.75. The molecule has 1 aliphatic rings. The third kappa shape index (κ3) is 5.39. The number of halogens is 2. The number of rotatable bonds is 6. The maximum absolute atomic E-state index is 13.7. The number of nitrogens with one attached hydrogen (secondary N) is 1. The molecule has 0 amide bonds. The predicted molar refractivity (Wildman–Crippen MR) is 87.7 cm³/mol. The van der Waals surface area contributed by atoms with Gasteiger partial charge in [0.1, 0.15) is 10.7 Å². The highest BCUT2D eigenvalue weighted by atomic mass is 35.5. The molecule has 5 nitrogen and oxygen atoms in total. The van der Waals surface area contributed by atoms with Crippen LogP contribution in [0, 0.1) is 5.82 Å². The summed E-state index contributed by atoms with van der Waals surface area (Å²) in [7, 11) is -3.86. The first kappa shape index (κ1) is 18.6. The number of hydrogen-bond acceptors (Lipinski definition) is 4. The minimum Gasteiger partial charge on any atom is -0.373 e. The average molecular weight is 365 g/mol. The van der Waals surface area contributed by atoms with Gasteiger partial charge in [0, 0.05) is 24.7 Å². The summed E-state index contributed by atoms with van der Waals surface area (Å²) in [4.78, 5) is 1.87. The van der Waals surface area contributed by atoms with Gasteiger partial charge in [-0.05, 0) is 45.0 Å². The van der Waals surface area contributed by atoms with Crippen molar-refractivity contribution in [3.8, 4) is 0 Å². The summed E-state index contributed by atoms with van der Waals surface area (Å²) in [5, 5.41) is 0.164. The lowest BCUT2D eigenvalue weighted by Gasteiger charge is -2.35. The van der Waals surface area contributed by atoms with Gasteiger partial charge in [-0.25, -0.2) is 17.5 Å². The average Bonchev–Trinajstić information content (AvgIpc) is 2.42. The monoisotopic (exact) mass is 364 g/mol. The Bertz CT molecular complexity index is 632. The van der Waals surface area contributed by atoms with Crippen molar-refractivity contribution in [1.29, 1.82) is 0 Å². The molecule has 8 heteroatoms. The molecule has 0 saturated carbocycles. The molecule has 2 rings (SSSR count). The molecule has 23 heavy (non-hydrogen) atoms. The van der Waals surface area contributed by atoms with Crippen molar-refractivity contribution in [2.24, 2.45) is 0 Å². The summed E-state index contributed by atoms with van der Waals surface area (Å²) >= 11 is 5.63. The molecule has 0 radical (unpaired) electrons. The van der Waals surface area contributed by atoms with Gasteiger partial charge in [0.2, 0.25) is 10.0 Å². The molecule has 1 heterocycles. The lowest BCUT2D eigenvalue weighted by molar-refractivity contribution is -0.0679. The summed E-state index contributed by atoms with van der Waals surface area (Å²) in [5.41, 5.74) is 0. The van der Waals surface area contributed by atoms with Crippen LogP contribution in [0.1, 0.15) is 20.3 Å². The van der Waals surface area contributed by atoms with E-state index >= 15 is 0 Å². The normalized spacial score (nSPS) is 23.1. The van der Waals surface area contributed by atoms with E-state index in [0.29, 0.717) is 6.42 Å². The molecular formula is C15H22ClFN2O3S. The molecule has 1 aromatic carbocycles. The van der Waals surface area contributed by atoms with Crippen LogP contribution in [0.4, 0.5) is 4.39 Å². The second kappa shape index (κ2) is 7.90. The Balaban J connectivity index is 1.83. The molecule has 0 aromatic heterocycles. The highest BCUT2D eigenvalue weighted by Gasteiger charge is 2.22. The maximum atomic E-state index is 13.7. The number of hydrogen-bond donors (Lipinski definition) is 1. The van der Waals surface area contributed by atoms with Crippen LogP contribution in [0.2, 0.25) is 5.02 Å². The molecule has 1 N–H and O–H groups in total. The van der Waals surface area contributed by atoms with Gasteiger partial charge in [0.15, 0.2) is 0 Å². The summed E-state index contributed by atoms with van der Waals surface area (Å²) < 4.78 is 46.0. The first-order chi connectivity index (χ1) is 10.8. The summed E-state index contributed by atoms with van der Waals surface area (Å²) in [5.74, 6) is -0.846. The summed E-state index contributed by atoms with van der Waals surface area (Å²) in [6.45, 7) is 6.74. The molecule has 0 bridgehead atoms. The van der Waals surface area contributed by atoms with Gasteiger partial charge in [-0.15, -0.1) is 0 Å². The van der Waals surface area contributed by atoms with E-state index < -0.39 is 15.8 Å².